The molecule has 0 aliphatic heterocycles. The van der Waals surface area contributed by atoms with E-state index in [0.717, 1.165) is 7.14 Å². The molecule has 0 N–H and O–H groups in total. The van der Waals surface area contributed by atoms with Crippen LogP contribution in [-0.4, -0.2) is 8.42 Å². The summed E-state index contributed by atoms with van der Waals surface area (Å²) in [4.78, 5) is 0.180. The maximum absolute atomic E-state index is 11.1. The molecule has 0 bridgehead atoms. The van der Waals surface area contributed by atoms with E-state index >= 15 is 0 Å². The van der Waals surface area contributed by atoms with Crippen molar-refractivity contribution in [3.05, 3.63) is 22.8 Å². The zero-order chi connectivity index (χ0) is 10.2. The second kappa shape index (κ2) is 4.66. The Labute approximate surface area is 122 Å². The van der Waals surface area contributed by atoms with Crippen molar-refractivity contribution in [2.24, 2.45) is 0 Å². The molecule has 0 unspecified atom stereocenters. The van der Waals surface area contributed by atoms with Crippen molar-refractivity contribution < 1.29 is 8.42 Å². The van der Waals surface area contributed by atoms with Gasteiger partial charge in [-0.1, -0.05) is 0 Å². The highest BCUT2D eigenvalue weighted by Gasteiger charge is 2.15. The normalized spacial score (nSPS) is 11.7. The minimum Gasteiger partial charge on any atom is -0.207 e. The van der Waals surface area contributed by atoms with E-state index < -0.39 is 9.05 Å². The lowest BCUT2D eigenvalue weighted by atomic mass is 10.4. The first-order valence-corrected chi connectivity index (χ1v) is 8.46. The van der Waals surface area contributed by atoms with E-state index in [0.29, 0.717) is 3.57 Å². The largest absolute Gasteiger partial charge is 0.262 e. The minimum absolute atomic E-state index is 0.180. The number of hydrogen-bond donors (Lipinski definition) is 0. The Bertz CT molecular complexity index is 443. The average Bonchev–Trinajstić information content (AvgIpc) is 1.94. The molecule has 0 aliphatic carbocycles. The van der Waals surface area contributed by atoms with Crippen LogP contribution in [0.25, 0.3) is 0 Å². The highest BCUT2D eigenvalue weighted by molar-refractivity contribution is 14.1. The molecule has 0 radical (unpaired) electrons. The number of rotatable bonds is 1. The maximum atomic E-state index is 11.1. The van der Waals surface area contributed by atoms with E-state index in [1.54, 1.807) is 12.1 Å². The Balaban J connectivity index is 3.50. The van der Waals surface area contributed by atoms with Crippen LogP contribution in [0.5, 0.6) is 0 Å². The van der Waals surface area contributed by atoms with Crippen molar-refractivity contribution in [3.8, 4) is 0 Å². The Morgan fingerprint density at radius 2 is 1.46 bits per heavy atom. The molecular formula is C6H2ClI3O2S. The third-order valence-electron chi connectivity index (χ3n) is 1.24. The molecule has 0 saturated heterocycles. The molecule has 7 heteroatoms. The van der Waals surface area contributed by atoms with Crippen LogP contribution in [0.3, 0.4) is 0 Å². The van der Waals surface area contributed by atoms with E-state index in [-0.39, 0.29) is 4.90 Å². The fraction of sp³-hybridized carbons (Fsp3) is 0. The van der Waals surface area contributed by atoms with Gasteiger partial charge in [-0.2, -0.15) is 0 Å². The molecular weight excluding hydrogens is 552 g/mol. The fourth-order valence-electron chi connectivity index (χ4n) is 0.691. The van der Waals surface area contributed by atoms with Crippen LogP contribution in [0, 0.1) is 10.7 Å². The summed E-state index contributed by atoms with van der Waals surface area (Å²) in [5, 5.41) is 0. The summed E-state index contributed by atoms with van der Waals surface area (Å²) < 4.78 is 24.7. The average molecular weight is 554 g/mol. The van der Waals surface area contributed by atoms with Crippen molar-refractivity contribution >= 4 is 87.5 Å². The van der Waals surface area contributed by atoms with Gasteiger partial charge >= 0.3 is 0 Å². The standard InChI is InChI=1S/C6H2ClI3O2S/c7-13(11,12)6-2-4(9)3(8)1-5(6)10/h1-2H. The van der Waals surface area contributed by atoms with Gasteiger partial charge < -0.3 is 0 Å². The van der Waals surface area contributed by atoms with Crippen LogP contribution in [0.15, 0.2) is 17.0 Å². The van der Waals surface area contributed by atoms with Crippen molar-refractivity contribution in [2.75, 3.05) is 0 Å². The van der Waals surface area contributed by atoms with Crippen LogP contribution >= 0.6 is 78.5 Å². The molecule has 0 saturated carbocycles. The molecule has 0 spiro atoms. The first-order chi connectivity index (χ1) is 5.82. The van der Waals surface area contributed by atoms with E-state index in [4.69, 9.17) is 10.7 Å². The predicted molar refractivity (Wildman–Crippen MR) is 77.6 cm³/mol. The summed E-state index contributed by atoms with van der Waals surface area (Å²) in [5.74, 6) is 0. The van der Waals surface area contributed by atoms with E-state index in [1.165, 1.54) is 0 Å². The molecule has 72 valence electrons. The topological polar surface area (TPSA) is 34.1 Å². The van der Waals surface area contributed by atoms with Crippen molar-refractivity contribution in [1.82, 2.24) is 0 Å². The first kappa shape index (κ1) is 12.7. The van der Waals surface area contributed by atoms with E-state index in [9.17, 15) is 8.42 Å². The molecule has 0 amide bonds. The molecule has 0 aliphatic rings. The molecule has 2 nitrogen and oxygen atoms in total. The Morgan fingerprint density at radius 3 is 1.92 bits per heavy atom. The summed E-state index contributed by atoms with van der Waals surface area (Å²) in [7, 11) is 1.63. The molecule has 0 fully saturated rings. The summed E-state index contributed by atoms with van der Waals surface area (Å²) in [6.45, 7) is 0. The van der Waals surface area contributed by atoms with E-state index in [2.05, 4.69) is 45.2 Å². The van der Waals surface area contributed by atoms with Crippen LogP contribution < -0.4 is 0 Å². The molecule has 13 heavy (non-hydrogen) atoms. The van der Waals surface area contributed by atoms with Gasteiger partial charge in [0.05, 0.1) is 4.90 Å². The Kier molecular flexibility index (Phi) is 4.56. The highest BCUT2D eigenvalue weighted by atomic mass is 127. The molecule has 1 rings (SSSR count). The lowest BCUT2D eigenvalue weighted by Crippen LogP contribution is -1.96. The van der Waals surface area contributed by atoms with Crippen molar-refractivity contribution in [2.45, 2.75) is 4.90 Å². The van der Waals surface area contributed by atoms with Gasteiger partial charge in [-0.15, -0.1) is 0 Å². The van der Waals surface area contributed by atoms with Crippen LogP contribution in [0.1, 0.15) is 0 Å². The van der Waals surface area contributed by atoms with Crippen LogP contribution in [0.2, 0.25) is 0 Å². The SMILES string of the molecule is O=S(=O)(Cl)c1cc(I)c(I)cc1I. The number of benzene rings is 1. The van der Waals surface area contributed by atoms with Gasteiger partial charge in [0.25, 0.3) is 9.05 Å². The maximum Gasteiger partial charge on any atom is 0.262 e. The quantitative estimate of drug-likeness (QED) is 0.303. The number of hydrogen-bond acceptors (Lipinski definition) is 2. The van der Waals surface area contributed by atoms with Gasteiger partial charge in [-0.05, 0) is 79.9 Å². The summed E-state index contributed by atoms with van der Waals surface area (Å²) in [6.07, 6.45) is 0. The zero-order valence-corrected chi connectivity index (χ0v) is 13.9. The number of halogens is 4. The molecule has 0 atom stereocenters. The monoisotopic (exact) mass is 554 g/mol. The first-order valence-electron chi connectivity index (χ1n) is 2.91. The highest BCUT2D eigenvalue weighted by Crippen LogP contribution is 2.27. The van der Waals surface area contributed by atoms with Gasteiger partial charge in [0.15, 0.2) is 0 Å². The fourth-order valence-corrected chi connectivity index (χ4v) is 5.09. The lowest BCUT2D eigenvalue weighted by molar-refractivity contribution is 0.609. The predicted octanol–water partition coefficient (Wildman–Crippen LogP) is 3.43. The van der Waals surface area contributed by atoms with Crippen LogP contribution in [-0.2, 0) is 9.05 Å². The molecule has 0 heterocycles. The third kappa shape index (κ3) is 3.31. The van der Waals surface area contributed by atoms with Gasteiger partial charge in [0.2, 0.25) is 0 Å². The molecule has 0 aromatic heterocycles. The zero-order valence-electron chi connectivity index (χ0n) is 5.89. The van der Waals surface area contributed by atoms with Gasteiger partial charge in [-0.25, -0.2) is 8.42 Å². The second-order valence-corrected chi connectivity index (χ2v) is 8.16. The Hall–Kier alpha value is 1.65. The Morgan fingerprint density at radius 1 is 1.00 bits per heavy atom. The molecule has 1 aromatic rings. The third-order valence-corrected chi connectivity index (χ3v) is 6.67. The lowest BCUT2D eigenvalue weighted by Gasteiger charge is -2.02. The van der Waals surface area contributed by atoms with Crippen molar-refractivity contribution in [3.63, 3.8) is 0 Å². The van der Waals surface area contributed by atoms with Gasteiger partial charge in [0.1, 0.15) is 0 Å². The van der Waals surface area contributed by atoms with Crippen molar-refractivity contribution in [1.29, 1.82) is 0 Å². The van der Waals surface area contributed by atoms with Gasteiger partial charge in [-0.3, -0.25) is 0 Å². The summed E-state index contributed by atoms with van der Waals surface area (Å²) >= 11 is 6.17. The minimum atomic E-state index is -3.62. The summed E-state index contributed by atoms with van der Waals surface area (Å²) in [6, 6.07) is 3.37. The smallest absolute Gasteiger partial charge is 0.207 e. The summed E-state index contributed by atoms with van der Waals surface area (Å²) in [5.41, 5.74) is 0. The van der Waals surface area contributed by atoms with E-state index in [1.807, 2.05) is 22.6 Å². The van der Waals surface area contributed by atoms with Gasteiger partial charge in [0, 0.05) is 21.4 Å². The van der Waals surface area contributed by atoms with Crippen LogP contribution in [0.4, 0.5) is 0 Å². The second-order valence-electron chi connectivity index (χ2n) is 2.13. The molecule has 1 aromatic carbocycles.